The van der Waals surface area contributed by atoms with E-state index >= 15 is 0 Å². The van der Waals surface area contributed by atoms with E-state index in [1.165, 1.54) is 0 Å². The van der Waals surface area contributed by atoms with Gasteiger partial charge in [-0.3, -0.25) is 0 Å². The molecule has 0 aromatic heterocycles. The first-order chi connectivity index (χ1) is 13.6. The molecular weight excluding hydrogens is 354 g/mol. The minimum absolute atomic E-state index is 0.0378. The SMILES string of the molecule is C=CN(CCOCc1ccccc1)C1CNC(C)CC[C@@]12CN(CC)C(=O)O2. The summed E-state index contributed by atoms with van der Waals surface area (Å²) in [6.45, 7) is 12.2. The maximum Gasteiger partial charge on any atom is 0.410 e. The molecular formula is C22H33N3O3. The summed E-state index contributed by atoms with van der Waals surface area (Å²) in [5.74, 6) is 0. The number of hydrogen-bond acceptors (Lipinski definition) is 5. The summed E-state index contributed by atoms with van der Waals surface area (Å²) in [7, 11) is 0. The van der Waals surface area contributed by atoms with Crippen molar-refractivity contribution in [2.75, 3.05) is 32.8 Å². The molecule has 1 amide bonds. The quantitative estimate of drug-likeness (QED) is 0.695. The monoisotopic (exact) mass is 387 g/mol. The smallest absolute Gasteiger partial charge is 0.410 e. The highest BCUT2D eigenvalue weighted by molar-refractivity contribution is 5.71. The molecule has 2 saturated heterocycles. The van der Waals surface area contributed by atoms with Gasteiger partial charge in [0.2, 0.25) is 0 Å². The second kappa shape index (κ2) is 9.43. The zero-order chi connectivity index (χ0) is 20.0. The van der Waals surface area contributed by atoms with Crippen molar-refractivity contribution in [3.05, 3.63) is 48.7 Å². The number of hydrogen-bond donors (Lipinski definition) is 1. The van der Waals surface area contributed by atoms with Crippen LogP contribution in [0, 0.1) is 0 Å². The maximum absolute atomic E-state index is 12.4. The van der Waals surface area contributed by atoms with Gasteiger partial charge in [-0.1, -0.05) is 36.9 Å². The van der Waals surface area contributed by atoms with Crippen LogP contribution in [-0.4, -0.2) is 66.4 Å². The normalized spacial score (nSPS) is 27.5. The number of benzene rings is 1. The minimum atomic E-state index is -0.502. The van der Waals surface area contributed by atoms with Crippen LogP contribution in [0.1, 0.15) is 32.3 Å². The number of carbonyl (C=O) groups is 1. The highest BCUT2D eigenvalue weighted by atomic mass is 16.6. The number of carbonyl (C=O) groups excluding carboxylic acids is 1. The van der Waals surface area contributed by atoms with Gasteiger partial charge in [-0.15, -0.1) is 0 Å². The molecule has 3 atom stereocenters. The molecule has 0 aliphatic carbocycles. The summed E-state index contributed by atoms with van der Waals surface area (Å²) >= 11 is 0. The lowest BCUT2D eigenvalue weighted by Crippen LogP contribution is -2.57. The van der Waals surface area contributed by atoms with E-state index in [9.17, 15) is 4.79 Å². The average molecular weight is 388 g/mol. The van der Waals surface area contributed by atoms with E-state index in [1.807, 2.05) is 31.3 Å². The molecule has 6 heteroatoms. The number of amides is 1. The molecule has 154 valence electrons. The van der Waals surface area contributed by atoms with Gasteiger partial charge in [-0.05, 0) is 38.5 Å². The third kappa shape index (κ3) is 4.67. The molecule has 2 fully saturated rings. The van der Waals surface area contributed by atoms with Gasteiger partial charge in [0.25, 0.3) is 0 Å². The Morgan fingerprint density at radius 1 is 1.43 bits per heavy atom. The fraction of sp³-hybridized carbons (Fsp3) is 0.591. The molecule has 3 rings (SSSR count). The maximum atomic E-state index is 12.4. The topological polar surface area (TPSA) is 54.0 Å². The van der Waals surface area contributed by atoms with Gasteiger partial charge in [0, 0.05) is 25.7 Å². The summed E-state index contributed by atoms with van der Waals surface area (Å²) < 4.78 is 11.9. The van der Waals surface area contributed by atoms with Crippen LogP contribution in [0.4, 0.5) is 4.79 Å². The second-order valence-corrected chi connectivity index (χ2v) is 7.77. The van der Waals surface area contributed by atoms with Gasteiger partial charge in [-0.25, -0.2) is 4.79 Å². The van der Waals surface area contributed by atoms with Crippen LogP contribution >= 0.6 is 0 Å². The van der Waals surface area contributed by atoms with Gasteiger partial charge in [-0.2, -0.15) is 0 Å². The van der Waals surface area contributed by atoms with Crippen molar-refractivity contribution in [3.8, 4) is 0 Å². The zero-order valence-corrected chi connectivity index (χ0v) is 17.1. The average Bonchev–Trinajstić information content (AvgIpc) is 2.96. The Morgan fingerprint density at radius 3 is 2.89 bits per heavy atom. The van der Waals surface area contributed by atoms with Crippen LogP contribution in [0.15, 0.2) is 43.1 Å². The molecule has 6 nitrogen and oxygen atoms in total. The third-order valence-electron chi connectivity index (χ3n) is 5.90. The predicted octanol–water partition coefficient (Wildman–Crippen LogP) is 3.00. The van der Waals surface area contributed by atoms with Crippen LogP contribution in [0.25, 0.3) is 0 Å². The fourth-order valence-corrected chi connectivity index (χ4v) is 4.16. The number of nitrogens with one attached hydrogen (secondary N) is 1. The highest BCUT2D eigenvalue weighted by Crippen LogP contribution is 2.35. The molecule has 2 heterocycles. The minimum Gasteiger partial charge on any atom is -0.439 e. The van der Waals surface area contributed by atoms with Crippen LogP contribution in [0.3, 0.4) is 0 Å². The Labute approximate surface area is 168 Å². The molecule has 0 bridgehead atoms. The molecule has 0 radical (unpaired) electrons. The molecule has 1 aromatic carbocycles. The lowest BCUT2D eigenvalue weighted by atomic mass is 9.88. The second-order valence-electron chi connectivity index (χ2n) is 7.77. The molecule has 0 saturated carbocycles. The predicted molar refractivity (Wildman–Crippen MR) is 110 cm³/mol. The van der Waals surface area contributed by atoms with Crippen molar-refractivity contribution in [2.45, 2.75) is 51.0 Å². The van der Waals surface area contributed by atoms with E-state index in [1.54, 1.807) is 4.90 Å². The number of nitrogens with zero attached hydrogens (tertiary/aromatic N) is 2. The Kier molecular flexibility index (Phi) is 6.97. The molecule has 28 heavy (non-hydrogen) atoms. The van der Waals surface area contributed by atoms with Crippen molar-refractivity contribution >= 4 is 6.09 Å². The highest BCUT2D eigenvalue weighted by Gasteiger charge is 2.52. The first-order valence-electron chi connectivity index (χ1n) is 10.3. The number of ether oxygens (including phenoxy) is 2. The van der Waals surface area contributed by atoms with E-state index in [4.69, 9.17) is 9.47 Å². The van der Waals surface area contributed by atoms with Crippen molar-refractivity contribution < 1.29 is 14.3 Å². The van der Waals surface area contributed by atoms with E-state index < -0.39 is 5.60 Å². The fourth-order valence-electron chi connectivity index (χ4n) is 4.16. The van der Waals surface area contributed by atoms with Crippen molar-refractivity contribution in [3.63, 3.8) is 0 Å². The summed E-state index contributed by atoms with van der Waals surface area (Å²) in [4.78, 5) is 16.3. The summed E-state index contributed by atoms with van der Waals surface area (Å²) in [5.41, 5.74) is 0.663. The molecule has 2 aliphatic heterocycles. The third-order valence-corrected chi connectivity index (χ3v) is 5.90. The van der Waals surface area contributed by atoms with Crippen molar-refractivity contribution in [1.29, 1.82) is 0 Å². The van der Waals surface area contributed by atoms with Crippen LogP contribution < -0.4 is 5.32 Å². The number of rotatable bonds is 8. The Balaban J connectivity index is 1.65. The summed E-state index contributed by atoms with van der Waals surface area (Å²) in [6, 6.07) is 10.6. The lowest BCUT2D eigenvalue weighted by molar-refractivity contribution is -0.0189. The van der Waals surface area contributed by atoms with E-state index in [2.05, 4.69) is 35.9 Å². The Morgan fingerprint density at radius 2 is 2.21 bits per heavy atom. The van der Waals surface area contributed by atoms with Gasteiger partial charge in [0.15, 0.2) is 5.60 Å². The van der Waals surface area contributed by atoms with E-state index in [-0.39, 0.29) is 12.1 Å². The first kappa shape index (κ1) is 20.7. The van der Waals surface area contributed by atoms with Crippen LogP contribution in [0.2, 0.25) is 0 Å². The molecule has 2 aliphatic rings. The zero-order valence-electron chi connectivity index (χ0n) is 17.1. The van der Waals surface area contributed by atoms with Gasteiger partial charge in [0.1, 0.15) is 0 Å². The van der Waals surface area contributed by atoms with E-state index in [0.29, 0.717) is 38.9 Å². The molecule has 1 N–H and O–H groups in total. The standard InChI is InChI=1S/C22H33N3O3/c1-4-24(13-14-27-16-19-9-7-6-8-10-19)20-15-23-18(3)11-12-22(20)17-25(5-2)21(26)28-22/h4,6-10,18,20,23H,1,5,11-17H2,2-3H3/t18?,20?,22-/m1/s1. The van der Waals surface area contributed by atoms with Crippen molar-refractivity contribution in [1.82, 2.24) is 15.1 Å². The molecule has 1 spiro atoms. The van der Waals surface area contributed by atoms with Gasteiger partial charge in [0.05, 0.1) is 25.8 Å². The summed E-state index contributed by atoms with van der Waals surface area (Å²) in [6.07, 6.45) is 3.49. The first-order valence-corrected chi connectivity index (χ1v) is 10.3. The van der Waals surface area contributed by atoms with Crippen molar-refractivity contribution in [2.24, 2.45) is 0 Å². The largest absolute Gasteiger partial charge is 0.439 e. The summed E-state index contributed by atoms with van der Waals surface area (Å²) in [5, 5.41) is 3.58. The Bertz CT molecular complexity index is 654. The van der Waals surface area contributed by atoms with Crippen LogP contribution in [0.5, 0.6) is 0 Å². The number of likely N-dealkylation sites (N-methyl/N-ethyl adjacent to an activating group) is 1. The van der Waals surface area contributed by atoms with E-state index in [0.717, 1.165) is 24.9 Å². The molecule has 2 unspecified atom stereocenters. The lowest BCUT2D eigenvalue weighted by Gasteiger charge is -2.40. The Hall–Kier alpha value is -2.05. The van der Waals surface area contributed by atoms with Gasteiger partial charge < -0.3 is 24.6 Å². The van der Waals surface area contributed by atoms with Crippen LogP contribution in [-0.2, 0) is 16.1 Å². The van der Waals surface area contributed by atoms with Gasteiger partial charge >= 0.3 is 6.09 Å². The molecule has 1 aromatic rings.